The van der Waals surface area contributed by atoms with Crippen LogP contribution in [-0.4, -0.2) is 37.6 Å². The minimum absolute atomic E-state index is 0.0620. The third-order valence-electron chi connectivity index (χ3n) is 3.89. The van der Waals surface area contributed by atoms with E-state index < -0.39 is 17.6 Å². The Bertz CT molecular complexity index is 964. The summed E-state index contributed by atoms with van der Waals surface area (Å²) >= 11 is 0. The second-order valence-electron chi connectivity index (χ2n) is 5.45. The van der Waals surface area contributed by atoms with Gasteiger partial charge in [0.1, 0.15) is 18.2 Å². The van der Waals surface area contributed by atoms with Gasteiger partial charge in [-0.2, -0.15) is 0 Å². The van der Waals surface area contributed by atoms with Crippen molar-refractivity contribution >= 4 is 17.1 Å². The van der Waals surface area contributed by atoms with Crippen LogP contribution in [0.15, 0.2) is 35.4 Å². The van der Waals surface area contributed by atoms with Crippen molar-refractivity contribution in [1.82, 2.24) is 24.5 Å². The van der Waals surface area contributed by atoms with Gasteiger partial charge in [0.2, 0.25) is 0 Å². The van der Waals surface area contributed by atoms with Crippen LogP contribution in [0.2, 0.25) is 0 Å². The molecule has 3 rings (SSSR count). The highest BCUT2D eigenvalue weighted by molar-refractivity contribution is 5.75. The van der Waals surface area contributed by atoms with E-state index in [-0.39, 0.29) is 11.3 Å². The highest BCUT2D eigenvalue weighted by atomic mass is 19.1. The van der Waals surface area contributed by atoms with Gasteiger partial charge in [-0.1, -0.05) is 24.3 Å². The Morgan fingerprint density at radius 1 is 1.32 bits per heavy atom. The lowest BCUT2D eigenvalue weighted by molar-refractivity contribution is -0.144. The van der Waals surface area contributed by atoms with Crippen molar-refractivity contribution in [3.8, 4) is 0 Å². The Balaban J connectivity index is 2.00. The van der Waals surface area contributed by atoms with Crippen molar-refractivity contribution < 1.29 is 13.9 Å². The fourth-order valence-corrected chi connectivity index (χ4v) is 2.57. The number of methoxy groups -OCH3 is 1. The van der Waals surface area contributed by atoms with Gasteiger partial charge in [0.05, 0.1) is 13.7 Å². The lowest BCUT2D eigenvalue weighted by Crippen LogP contribution is -2.30. The summed E-state index contributed by atoms with van der Waals surface area (Å²) in [4.78, 5) is 28.7. The number of carbonyl (C=O) groups is 1. The average Bonchev–Trinajstić information content (AvgIpc) is 3.03. The van der Waals surface area contributed by atoms with Crippen LogP contribution in [0.4, 0.5) is 4.39 Å². The van der Waals surface area contributed by atoms with E-state index in [0.717, 1.165) is 5.56 Å². The van der Waals surface area contributed by atoms with E-state index >= 15 is 0 Å². The molecule has 0 spiro atoms. The predicted molar refractivity (Wildman–Crippen MR) is 86.4 cm³/mol. The Morgan fingerprint density at radius 3 is 2.68 bits per heavy atom. The summed E-state index contributed by atoms with van der Waals surface area (Å²) in [6.45, 7) is 2.06. The monoisotopic (exact) mass is 345 g/mol. The van der Waals surface area contributed by atoms with Crippen molar-refractivity contribution in [2.45, 2.75) is 25.9 Å². The van der Waals surface area contributed by atoms with Crippen molar-refractivity contribution in [2.75, 3.05) is 7.11 Å². The topological polar surface area (TPSA) is 91.9 Å². The highest BCUT2D eigenvalue weighted by Gasteiger charge is 2.23. The summed E-state index contributed by atoms with van der Waals surface area (Å²) in [7, 11) is 1.26. The number of carbonyl (C=O) groups excluding carboxylic acids is 1. The van der Waals surface area contributed by atoms with Crippen molar-refractivity contribution in [3.05, 3.63) is 52.3 Å². The molecule has 25 heavy (non-hydrogen) atoms. The first kappa shape index (κ1) is 16.7. The molecule has 0 amide bonds. The van der Waals surface area contributed by atoms with E-state index in [1.807, 2.05) is 0 Å². The fraction of sp³-hybridized carbons (Fsp3) is 0.312. The normalized spacial score (nSPS) is 12.3. The molecule has 130 valence electrons. The van der Waals surface area contributed by atoms with Crippen LogP contribution in [0.3, 0.4) is 0 Å². The first-order chi connectivity index (χ1) is 12.0. The zero-order chi connectivity index (χ0) is 18.0. The number of hydrogen-bond donors (Lipinski definition) is 0. The quantitative estimate of drug-likeness (QED) is 0.647. The van der Waals surface area contributed by atoms with Crippen molar-refractivity contribution in [2.24, 2.45) is 0 Å². The van der Waals surface area contributed by atoms with Gasteiger partial charge in [-0.15, -0.1) is 5.10 Å². The summed E-state index contributed by atoms with van der Waals surface area (Å²) < 4.78 is 20.4. The molecular weight excluding hydrogens is 329 g/mol. The van der Waals surface area contributed by atoms with E-state index in [1.54, 1.807) is 19.1 Å². The maximum Gasteiger partial charge on any atom is 0.329 e. The number of fused-ring (bicyclic) bond motifs is 1. The van der Waals surface area contributed by atoms with Gasteiger partial charge in [-0.05, 0) is 24.1 Å². The molecule has 1 atom stereocenters. The Kier molecular flexibility index (Phi) is 4.55. The lowest BCUT2D eigenvalue weighted by Gasteiger charge is -2.14. The molecule has 8 nitrogen and oxygen atoms in total. The molecule has 0 fully saturated rings. The number of hydrogen-bond acceptors (Lipinski definition) is 6. The zero-order valence-electron chi connectivity index (χ0n) is 13.7. The van der Waals surface area contributed by atoms with Crippen LogP contribution in [0.1, 0.15) is 24.9 Å². The molecule has 0 aliphatic carbocycles. The molecule has 0 N–H and O–H groups in total. The maximum atomic E-state index is 13.0. The molecule has 0 bridgehead atoms. The third kappa shape index (κ3) is 3.12. The summed E-state index contributed by atoms with van der Waals surface area (Å²) in [6.07, 6.45) is 1.67. The summed E-state index contributed by atoms with van der Waals surface area (Å²) in [6, 6.07) is 5.16. The molecular formula is C16H16FN5O3. The summed E-state index contributed by atoms with van der Waals surface area (Å²) in [5, 5.41) is 7.83. The molecule has 3 aromatic rings. The van der Waals surface area contributed by atoms with Gasteiger partial charge in [0, 0.05) is 0 Å². The largest absolute Gasteiger partial charge is 0.467 e. The molecule has 9 heteroatoms. The number of benzene rings is 1. The van der Waals surface area contributed by atoms with Gasteiger partial charge >= 0.3 is 5.97 Å². The number of halogens is 1. The van der Waals surface area contributed by atoms with Crippen molar-refractivity contribution in [1.29, 1.82) is 0 Å². The molecule has 0 saturated carbocycles. The molecule has 2 heterocycles. The number of aromatic nitrogens is 5. The second kappa shape index (κ2) is 6.80. The van der Waals surface area contributed by atoms with Crippen LogP contribution in [0.25, 0.3) is 11.2 Å². The predicted octanol–water partition coefficient (Wildman–Crippen LogP) is 1.30. The van der Waals surface area contributed by atoms with Crippen molar-refractivity contribution in [3.63, 3.8) is 0 Å². The molecule has 2 aromatic heterocycles. The zero-order valence-corrected chi connectivity index (χ0v) is 13.7. The van der Waals surface area contributed by atoms with E-state index in [1.165, 1.54) is 34.8 Å². The summed E-state index contributed by atoms with van der Waals surface area (Å²) in [5.74, 6) is -0.855. The van der Waals surface area contributed by atoms with Crippen LogP contribution in [-0.2, 0) is 16.1 Å². The number of nitrogens with zero attached hydrogens (tertiary/aromatic N) is 5. The van der Waals surface area contributed by atoms with Gasteiger partial charge in [0.25, 0.3) is 5.56 Å². The molecule has 1 aromatic carbocycles. The highest BCUT2D eigenvalue weighted by Crippen LogP contribution is 2.13. The first-order valence-corrected chi connectivity index (χ1v) is 7.67. The average molecular weight is 345 g/mol. The maximum absolute atomic E-state index is 13.0. The lowest BCUT2D eigenvalue weighted by atomic mass is 10.2. The summed E-state index contributed by atoms with van der Waals surface area (Å²) in [5.41, 5.74) is 0.685. The second-order valence-corrected chi connectivity index (χ2v) is 5.45. The fourth-order valence-electron chi connectivity index (χ4n) is 2.57. The number of esters is 1. The van der Waals surface area contributed by atoms with Gasteiger partial charge < -0.3 is 4.74 Å². The van der Waals surface area contributed by atoms with Crippen LogP contribution in [0.5, 0.6) is 0 Å². The van der Waals surface area contributed by atoms with Crippen LogP contribution >= 0.6 is 0 Å². The molecule has 0 radical (unpaired) electrons. The molecule has 1 unspecified atom stereocenters. The minimum Gasteiger partial charge on any atom is -0.467 e. The molecule has 0 aliphatic heterocycles. The molecule has 0 aliphatic rings. The SMILES string of the molecule is CCC(C(=O)OC)n1cnc2c(nnn2Cc2ccc(F)cc2)c1=O. The van der Waals surface area contributed by atoms with E-state index in [4.69, 9.17) is 4.74 Å². The standard InChI is InChI=1S/C16H16FN5O3/c1-3-12(16(24)25-2)21-9-18-14-13(15(21)23)19-20-22(14)8-10-4-6-11(17)7-5-10/h4-7,9,12H,3,8H2,1-2H3. The Morgan fingerprint density at radius 2 is 2.04 bits per heavy atom. The number of rotatable bonds is 5. The number of ether oxygens (including phenoxy) is 1. The van der Waals surface area contributed by atoms with E-state index in [2.05, 4.69) is 15.3 Å². The third-order valence-corrected chi connectivity index (χ3v) is 3.89. The first-order valence-electron chi connectivity index (χ1n) is 7.67. The van der Waals surface area contributed by atoms with Gasteiger partial charge in [-0.3, -0.25) is 9.36 Å². The van der Waals surface area contributed by atoms with Gasteiger partial charge in [-0.25, -0.2) is 18.9 Å². The Labute approximate surface area is 141 Å². The van der Waals surface area contributed by atoms with E-state index in [9.17, 15) is 14.0 Å². The Hall–Kier alpha value is -3.10. The smallest absolute Gasteiger partial charge is 0.329 e. The van der Waals surface area contributed by atoms with Gasteiger partial charge in [0.15, 0.2) is 11.2 Å². The van der Waals surface area contributed by atoms with E-state index in [0.29, 0.717) is 18.6 Å². The van der Waals surface area contributed by atoms with Crippen LogP contribution in [0, 0.1) is 5.82 Å². The minimum atomic E-state index is -0.767. The molecule has 0 saturated heterocycles. The van der Waals surface area contributed by atoms with Crippen LogP contribution < -0.4 is 5.56 Å².